The Kier molecular flexibility index (Phi) is 13.8. The van der Waals surface area contributed by atoms with Gasteiger partial charge >= 0.3 is 0 Å². The van der Waals surface area contributed by atoms with Gasteiger partial charge in [-0.1, -0.05) is 12.1 Å². The summed E-state index contributed by atoms with van der Waals surface area (Å²) in [5.41, 5.74) is 2.94. The highest BCUT2D eigenvalue weighted by Crippen LogP contribution is 2.37. The van der Waals surface area contributed by atoms with E-state index in [9.17, 15) is 23.2 Å². The predicted molar refractivity (Wildman–Crippen MR) is 239 cm³/mol. The average molecular weight is 893 g/mol. The predicted octanol–water partition coefficient (Wildman–Crippen LogP) is 7.41. The van der Waals surface area contributed by atoms with Crippen molar-refractivity contribution in [1.29, 1.82) is 0 Å². The Morgan fingerprint density at radius 1 is 0.923 bits per heavy atom. The number of benzene rings is 1. The topological polar surface area (TPSA) is 192 Å². The first-order chi connectivity index (χ1) is 31.8. The van der Waals surface area contributed by atoms with Gasteiger partial charge in [-0.15, -0.1) is 0 Å². The third kappa shape index (κ3) is 10.6. The number of amides is 3. The van der Waals surface area contributed by atoms with Crippen molar-refractivity contribution in [3.63, 3.8) is 0 Å². The number of ether oxygens (including phenoxy) is 2. The van der Waals surface area contributed by atoms with Gasteiger partial charge in [0.15, 0.2) is 11.4 Å². The molecule has 1 saturated heterocycles. The largest absolute Gasteiger partial charge is 0.444 e. The van der Waals surface area contributed by atoms with E-state index in [0.29, 0.717) is 69.0 Å². The fraction of sp³-hybridized carbons (Fsp3) is 0.468. The molecular weight excluding hydrogens is 839 g/mol. The molecule has 4 N–H and O–H groups in total. The van der Waals surface area contributed by atoms with Crippen LogP contribution >= 0.6 is 0 Å². The van der Waals surface area contributed by atoms with Gasteiger partial charge in [0.1, 0.15) is 23.8 Å². The molecule has 6 heterocycles. The van der Waals surface area contributed by atoms with Gasteiger partial charge in [0, 0.05) is 61.0 Å². The Morgan fingerprint density at radius 3 is 2.55 bits per heavy atom. The number of aromatic nitrogens is 6. The van der Waals surface area contributed by atoms with E-state index >= 15 is 0 Å². The molecule has 5 aromatic heterocycles. The zero-order valence-electron chi connectivity index (χ0n) is 36.1. The fourth-order valence-corrected chi connectivity index (χ4v) is 8.98. The molecule has 3 amide bonds. The Balaban J connectivity index is 0.663. The standard InChI is InChI=1S/C47H54F2N10O6/c48-43(49)42-35(54-45(61)36-28-65-47(55-36)32-16-18-51-39(24-32)53-26-30-8-9-30)27-58(57-42)33-12-10-29(11-13-33)25-50-19-21-64-23-22-63-20-3-5-31-4-1-7-37-41(31)34-6-2-17-52-44(34)59(37)38-14-15-40(60)56-46(38)62/h1-2,4,6-7,16-18,24,27-30,33,38,43,50H,3,5,8-15,19-23,25-26H2,(H,51,53)(H,54,61)(H,56,60,62)/t29-,33-,38?. The molecule has 16 nitrogen and oxygen atoms in total. The number of oxazole rings is 1. The highest BCUT2D eigenvalue weighted by Gasteiger charge is 2.32. The molecule has 0 spiro atoms. The van der Waals surface area contributed by atoms with Crippen LogP contribution in [0, 0.1) is 11.8 Å². The summed E-state index contributed by atoms with van der Waals surface area (Å²) in [7, 11) is 0. The van der Waals surface area contributed by atoms with Crippen molar-refractivity contribution in [3.05, 3.63) is 84.3 Å². The van der Waals surface area contributed by atoms with E-state index in [0.717, 1.165) is 79.1 Å². The SMILES string of the molecule is O=C1CCC(n2c3cccc(CCCOCCOCCNC[C@H]4CC[C@H](n5cc(NC(=O)c6coc(-c7ccnc(NCC8CC8)c7)n6)c(C(F)F)n5)CC4)c3c3cccnc32)C(=O)N1. The highest BCUT2D eigenvalue weighted by atomic mass is 19.3. The van der Waals surface area contributed by atoms with Crippen molar-refractivity contribution in [3.8, 4) is 11.5 Å². The number of carbonyl (C=O) groups is 3. The number of aryl methyl sites for hydroxylation is 1. The smallest absolute Gasteiger partial charge is 0.284 e. The van der Waals surface area contributed by atoms with E-state index in [1.807, 2.05) is 28.8 Å². The summed E-state index contributed by atoms with van der Waals surface area (Å²) in [4.78, 5) is 51.1. The Hall–Kier alpha value is -6.11. The normalized spacial score (nSPS) is 19.0. The molecule has 18 heteroatoms. The maximum Gasteiger partial charge on any atom is 0.284 e. The minimum atomic E-state index is -2.87. The van der Waals surface area contributed by atoms with Crippen LogP contribution < -0.4 is 21.3 Å². The first-order valence-corrected chi connectivity index (χ1v) is 22.7. The van der Waals surface area contributed by atoms with E-state index in [-0.39, 0.29) is 35.1 Å². The lowest BCUT2D eigenvalue weighted by atomic mass is 9.86. The minimum absolute atomic E-state index is 0.0309. The van der Waals surface area contributed by atoms with Crippen molar-refractivity contribution in [1.82, 2.24) is 39.9 Å². The van der Waals surface area contributed by atoms with Crippen LogP contribution in [0.25, 0.3) is 33.4 Å². The lowest BCUT2D eigenvalue weighted by Gasteiger charge is -2.28. The molecule has 1 unspecified atom stereocenters. The van der Waals surface area contributed by atoms with E-state index in [2.05, 4.69) is 47.4 Å². The summed E-state index contributed by atoms with van der Waals surface area (Å²) in [6, 6.07) is 13.1. The first kappa shape index (κ1) is 44.1. The van der Waals surface area contributed by atoms with Gasteiger partial charge in [0.25, 0.3) is 12.3 Å². The quantitative estimate of drug-likeness (QED) is 0.0414. The number of alkyl halides is 2. The van der Waals surface area contributed by atoms with E-state index in [1.165, 1.54) is 25.3 Å². The number of piperidine rings is 1. The van der Waals surface area contributed by atoms with E-state index < -0.39 is 24.1 Å². The number of nitrogens with zero attached hydrogens (tertiary/aromatic N) is 6. The third-order valence-electron chi connectivity index (χ3n) is 12.6. The van der Waals surface area contributed by atoms with Crippen molar-refractivity contribution in [2.24, 2.45) is 11.8 Å². The van der Waals surface area contributed by atoms with Gasteiger partial charge in [0.05, 0.1) is 37.1 Å². The molecule has 0 bridgehead atoms. The van der Waals surface area contributed by atoms with Gasteiger partial charge < -0.3 is 34.4 Å². The van der Waals surface area contributed by atoms with Crippen molar-refractivity contribution in [2.45, 2.75) is 82.7 Å². The lowest BCUT2D eigenvalue weighted by molar-refractivity contribution is -0.135. The molecule has 0 radical (unpaired) electrons. The zero-order chi connectivity index (χ0) is 44.7. The molecule has 6 aromatic rings. The van der Waals surface area contributed by atoms with Crippen molar-refractivity contribution < 1.29 is 37.1 Å². The van der Waals surface area contributed by atoms with Crippen LogP contribution in [-0.2, 0) is 25.5 Å². The van der Waals surface area contributed by atoms with Crippen LogP contribution in [0.1, 0.15) is 98.0 Å². The van der Waals surface area contributed by atoms with Crippen LogP contribution in [0.2, 0.25) is 0 Å². The number of anilines is 2. The number of fused-ring (bicyclic) bond motifs is 3. The van der Waals surface area contributed by atoms with Gasteiger partial charge in [-0.2, -0.15) is 5.10 Å². The number of imide groups is 1. The third-order valence-corrected chi connectivity index (χ3v) is 12.6. The molecule has 65 heavy (non-hydrogen) atoms. The van der Waals surface area contributed by atoms with Crippen LogP contribution in [0.15, 0.2) is 71.7 Å². The molecule has 9 rings (SSSR count). The number of hydrogen-bond acceptors (Lipinski definition) is 12. The zero-order valence-corrected chi connectivity index (χ0v) is 36.1. The highest BCUT2D eigenvalue weighted by molar-refractivity contribution is 6.10. The molecule has 3 fully saturated rings. The number of rotatable bonds is 21. The molecule has 2 saturated carbocycles. The Bertz CT molecular complexity index is 2620. The van der Waals surface area contributed by atoms with Crippen molar-refractivity contribution in [2.75, 3.05) is 56.7 Å². The van der Waals surface area contributed by atoms with Crippen LogP contribution in [0.4, 0.5) is 20.3 Å². The minimum Gasteiger partial charge on any atom is -0.444 e. The number of halogens is 2. The summed E-state index contributed by atoms with van der Waals surface area (Å²) >= 11 is 0. The van der Waals surface area contributed by atoms with Gasteiger partial charge in [-0.3, -0.25) is 24.4 Å². The maximum absolute atomic E-state index is 14.1. The lowest BCUT2D eigenvalue weighted by Crippen LogP contribution is -2.41. The molecule has 342 valence electrons. The Morgan fingerprint density at radius 2 is 1.74 bits per heavy atom. The monoisotopic (exact) mass is 892 g/mol. The van der Waals surface area contributed by atoms with Crippen molar-refractivity contribution >= 4 is 51.2 Å². The summed E-state index contributed by atoms with van der Waals surface area (Å²) in [5, 5.41) is 18.1. The Labute approximate surface area is 374 Å². The summed E-state index contributed by atoms with van der Waals surface area (Å²) in [5.74, 6) is 0.835. The second-order valence-electron chi connectivity index (χ2n) is 17.2. The van der Waals surface area contributed by atoms with Gasteiger partial charge in [0.2, 0.25) is 17.7 Å². The molecule has 1 atom stereocenters. The second kappa shape index (κ2) is 20.4. The number of nitrogens with one attached hydrogen (secondary N) is 4. The number of pyridine rings is 2. The number of hydrogen-bond donors (Lipinski definition) is 4. The molecule has 3 aliphatic rings. The average Bonchev–Trinajstić information content (AvgIpc) is 3.67. The molecular formula is C47H54F2N10O6. The van der Waals surface area contributed by atoms with Gasteiger partial charge in [-0.25, -0.2) is 23.7 Å². The molecule has 1 aromatic carbocycles. The summed E-state index contributed by atoms with van der Waals surface area (Å²) < 4.78 is 49.1. The second-order valence-corrected chi connectivity index (χ2v) is 17.2. The first-order valence-electron chi connectivity index (χ1n) is 22.7. The number of carbonyl (C=O) groups excluding carboxylic acids is 3. The van der Waals surface area contributed by atoms with Crippen LogP contribution in [0.3, 0.4) is 0 Å². The van der Waals surface area contributed by atoms with Crippen LogP contribution in [-0.4, -0.2) is 93.1 Å². The van der Waals surface area contributed by atoms with Crippen LogP contribution in [0.5, 0.6) is 0 Å². The maximum atomic E-state index is 14.1. The van der Waals surface area contributed by atoms with E-state index in [4.69, 9.17) is 13.9 Å². The fourth-order valence-electron chi connectivity index (χ4n) is 8.98. The molecule has 1 aliphatic heterocycles. The summed E-state index contributed by atoms with van der Waals surface area (Å²) in [6.45, 7) is 4.51. The molecule has 2 aliphatic carbocycles. The van der Waals surface area contributed by atoms with E-state index in [1.54, 1.807) is 29.2 Å². The van der Waals surface area contributed by atoms with Gasteiger partial charge in [-0.05, 0) is 112 Å². The summed E-state index contributed by atoms with van der Waals surface area (Å²) in [6.07, 6.45) is 11.4.